The van der Waals surface area contributed by atoms with Crippen molar-refractivity contribution < 1.29 is 8.78 Å². The van der Waals surface area contributed by atoms with Gasteiger partial charge < -0.3 is 0 Å². The molecule has 0 aromatic heterocycles. The zero-order valence-corrected chi connectivity index (χ0v) is 5.58. The fourth-order valence-electron chi connectivity index (χ4n) is 0.694. The molecule has 0 bridgehead atoms. The summed E-state index contributed by atoms with van der Waals surface area (Å²) in [5, 5.41) is 0. The summed E-state index contributed by atoms with van der Waals surface area (Å²) in [5.41, 5.74) is -2.61. The van der Waals surface area contributed by atoms with Gasteiger partial charge in [0.2, 0.25) is 0 Å². The minimum atomic E-state index is -1.30. The molecule has 0 aromatic rings. The summed E-state index contributed by atoms with van der Waals surface area (Å²) < 4.78 is 25.4. The molecular formula is C8H8F2. The summed E-state index contributed by atoms with van der Waals surface area (Å²) in [7, 11) is 0. The molecule has 2 saturated carbocycles. The molecular weight excluding hydrogens is 134 g/mol. The number of rotatable bonds is 0. The molecule has 2 rings (SSSR count). The van der Waals surface area contributed by atoms with Gasteiger partial charge in [-0.1, -0.05) is 11.8 Å². The van der Waals surface area contributed by atoms with E-state index in [1.807, 2.05) is 0 Å². The van der Waals surface area contributed by atoms with Gasteiger partial charge in [0.05, 0.1) is 0 Å². The van der Waals surface area contributed by atoms with Crippen LogP contribution in [0.1, 0.15) is 25.7 Å². The van der Waals surface area contributed by atoms with Crippen molar-refractivity contribution in [1.82, 2.24) is 0 Å². The molecule has 2 heteroatoms. The topological polar surface area (TPSA) is 0 Å². The van der Waals surface area contributed by atoms with Gasteiger partial charge in [-0.05, 0) is 25.7 Å². The Morgan fingerprint density at radius 3 is 1.30 bits per heavy atom. The predicted molar refractivity (Wildman–Crippen MR) is 33.9 cm³/mol. The SMILES string of the molecule is FC1(C#CC2(F)CC2)CC1. The Morgan fingerprint density at radius 1 is 0.800 bits per heavy atom. The second-order valence-corrected chi connectivity index (χ2v) is 3.18. The molecule has 2 aliphatic rings. The van der Waals surface area contributed by atoms with Crippen molar-refractivity contribution >= 4 is 0 Å². The third-order valence-electron chi connectivity index (χ3n) is 1.89. The second-order valence-electron chi connectivity index (χ2n) is 3.18. The third-order valence-corrected chi connectivity index (χ3v) is 1.89. The van der Waals surface area contributed by atoms with E-state index in [4.69, 9.17) is 0 Å². The first-order valence-corrected chi connectivity index (χ1v) is 3.54. The number of alkyl halides is 2. The van der Waals surface area contributed by atoms with Crippen molar-refractivity contribution in [3.05, 3.63) is 0 Å². The molecule has 2 aliphatic carbocycles. The molecule has 10 heavy (non-hydrogen) atoms. The first kappa shape index (κ1) is 6.15. The molecule has 0 atom stereocenters. The molecule has 0 unspecified atom stereocenters. The Labute approximate surface area is 58.6 Å². The minimum Gasteiger partial charge on any atom is -0.230 e. The largest absolute Gasteiger partial charge is 0.230 e. The van der Waals surface area contributed by atoms with Gasteiger partial charge in [0.25, 0.3) is 0 Å². The molecule has 0 saturated heterocycles. The van der Waals surface area contributed by atoms with E-state index in [-0.39, 0.29) is 0 Å². The van der Waals surface area contributed by atoms with Gasteiger partial charge in [0.1, 0.15) is 0 Å². The lowest BCUT2D eigenvalue weighted by Crippen LogP contribution is -1.98. The average molecular weight is 142 g/mol. The second kappa shape index (κ2) is 1.53. The summed E-state index contributed by atoms with van der Waals surface area (Å²) in [5.74, 6) is 4.69. The fraction of sp³-hybridized carbons (Fsp3) is 0.750. The van der Waals surface area contributed by atoms with Gasteiger partial charge in [-0.15, -0.1) is 0 Å². The van der Waals surface area contributed by atoms with Gasteiger partial charge in [-0.3, -0.25) is 0 Å². The zero-order chi connectivity index (χ0) is 7.24. The highest BCUT2D eigenvalue weighted by atomic mass is 19.1. The molecule has 0 N–H and O–H groups in total. The maximum absolute atomic E-state index is 12.7. The Hall–Kier alpha value is -0.580. The van der Waals surface area contributed by atoms with Crippen LogP contribution in [0.4, 0.5) is 8.78 Å². The van der Waals surface area contributed by atoms with Crippen LogP contribution in [-0.4, -0.2) is 11.3 Å². The normalized spacial score (nSPS) is 30.2. The van der Waals surface area contributed by atoms with E-state index in [9.17, 15) is 8.78 Å². The maximum Gasteiger partial charge on any atom is 0.171 e. The molecule has 0 amide bonds. The van der Waals surface area contributed by atoms with Crippen molar-refractivity contribution in [1.29, 1.82) is 0 Å². The number of hydrogen-bond donors (Lipinski definition) is 0. The number of hydrogen-bond acceptors (Lipinski definition) is 0. The highest BCUT2D eigenvalue weighted by Gasteiger charge is 2.45. The van der Waals surface area contributed by atoms with E-state index in [0.29, 0.717) is 25.7 Å². The monoisotopic (exact) mass is 142 g/mol. The number of halogens is 2. The lowest BCUT2D eigenvalue weighted by atomic mass is 10.3. The van der Waals surface area contributed by atoms with Crippen molar-refractivity contribution in [2.24, 2.45) is 0 Å². The smallest absolute Gasteiger partial charge is 0.171 e. The van der Waals surface area contributed by atoms with E-state index in [1.54, 1.807) is 0 Å². The fourth-order valence-corrected chi connectivity index (χ4v) is 0.694. The summed E-state index contributed by atoms with van der Waals surface area (Å²) >= 11 is 0. The van der Waals surface area contributed by atoms with Crippen LogP contribution in [0.25, 0.3) is 0 Å². The maximum atomic E-state index is 12.7. The van der Waals surface area contributed by atoms with Crippen molar-refractivity contribution in [2.75, 3.05) is 0 Å². The van der Waals surface area contributed by atoms with Crippen molar-refractivity contribution in [3.8, 4) is 11.8 Å². The van der Waals surface area contributed by atoms with Gasteiger partial charge in [-0.2, -0.15) is 0 Å². The summed E-state index contributed by atoms with van der Waals surface area (Å²) in [6, 6.07) is 0. The molecule has 0 nitrogen and oxygen atoms in total. The van der Waals surface area contributed by atoms with Gasteiger partial charge in [0, 0.05) is 0 Å². The van der Waals surface area contributed by atoms with Gasteiger partial charge in [-0.25, -0.2) is 8.78 Å². The van der Waals surface area contributed by atoms with E-state index >= 15 is 0 Å². The van der Waals surface area contributed by atoms with Crippen LogP contribution >= 0.6 is 0 Å². The van der Waals surface area contributed by atoms with Crippen LogP contribution in [0.15, 0.2) is 0 Å². The molecule has 0 heterocycles. The predicted octanol–water partition coefficient (Wildman–Crippen LogP) is 1.99. The Balaban J connectivity index is 2.02. The van der Waals surface area contributed by atoms with Crippen molar-refractivity contribution in [3.63, 3.8) is 0 Å². The average Bonchev–Trinajstić information content (AvgIpc) is 2.72. The lowest BCUT2D eigenvalue weighted by Gasteiger charge is -1.90. The summed E-state index contributed by atoms with van der Waals surface area (Å²) in [4.78, 5) is 0. The molecule has 0 spiro atoms. The van der Waals surface area contributed by atoms with E-state index in [1.165, 1.54) is 0 Å². The molecule has 54 valence electrons. The lowest BCUT2D eigenvalue weighted by molar-refractivity contribution is 0.379. The molecule has 0 aromatic carbocycles. The zero-order valence-electron chi connectivity index (χ0n) is 5.58. The standard InChI is InChI=1S/C8H8F2/c9-7(1-2-7)5-6-8(10)3-4-8/h1-4H2. The molecule has 0 aliphatic heterocycles. The van der Waals surface area contributed by atoms with E-state index in [0.717, 1.165) is 0 Å². The quantitative estimate of drug-likeness (QED) is 0.454. The molecule has 0 radical (unpaired) electrons. The van der Waals surface area contributed by atoms with Crippen LogP contribution in [0, 0.1) is 11.8 Å². The first-order valence-electron chi connectivity index (χ1n) is 3.54. The Morgan fingerprint density at radius 2 is 1.10 bits per heavy atom. The van der Waals surface area contributed by atoms with Crippen LogP contribution in [0.5, 0.6) is 0 Å². The van der Waals surface area contributed by atoms with Gasteiger partial charge in [0.15, 0.2) is 11.3 Å². The van der Waals surface area contributed by atoms with E-state index < -0.39 is 11.3 Å². The van der Waals surface area contributed by atoms with Crippen LogP contribution in [0.2, 0.25) is 0 Å². The van der Waals surface area contributed by atoms with Crippen LogP contribution < -0.4 is 0 Å². The Kier molecular flexibility index (Phi) is 0.940. The van der Waals surface area contributed by atoms with E-state index in [2.05, 4.69) is 11.8 Å². The van der Waals surface area contributed by atoms with Crippen LogP contribution in [0.3, 0.4) is 0 Å². The van der Waals surface area contributed by atoms with Crippen LogP contribution in [-0.2, 0) is 0 Å². The molecule has 2 fully saturated rings. The Bertz CT molecular complexity index is 191. The summed E-state index contributed by atoms with van der Waals surface area (Å²) in [6.07, 6.45) is 1.98. The summed E-state index contributed by atoms with van der Waals surface area (Å²) in [6.45, 7) is 0. The van der Waals surface area contributed by atoms with Gasteiger partial charge >= 0.3 is 0 Å². The highest BCUT2D eigenvalue weighted by Crippen LogP contribution is 2.42. The minimum absolute atomic E-state index is 0.496. The highest BCUT2D eigenvalue weighted by molar-refractivity contribution is 5.30. The third kappa shape index (κ3) is 1.13. The first-order chi connectivity index (χ1) is 4.62. The van der Waals surface area contributed by atoms with Crippen molar-refractivity contribution in [2.45, 2.75) is 37.0 Å².